The Morgan fingerprint density at radius 1 is 1.06 bits per heavy atom. The van der Waals surface area contributed by atoms with E-state index in [0.717, 1.165) is 11.5 Å². The molecule has 1 rings (SSSR count). The number of hydrogen-bond acceptors (Lipinski definition) is 2. The summed E-state index contributed by atoms with van der Waals surface area (Å²) in [6.45, 7) is 3.35. The third kappa shape index (κ3) is 3.77. The van der Waals surface area contributed by atoms with Gasteiger partial charge in [0, 0.05) is 11.5 Å². The molecule has 1 aromatic carbocycles. The second-order valence-electron chi connectivity index (χ2n) is 3.74. The molecule has 0 bridgehead atoms. The fourth-order valence-corrected chi connectivity index (χ4v) is 1.43. The molecule has 0 radical (unpaired) electrons. The predicted octanol–water partition coefficient (Wildman–Crippen LogP) is 2.01. The molecule has 2 nitrogen and oxygen atoms in total. The maximum atomic E-state index is 11.9. The van der Waals surface area contributed by atoms with Gasteiger partial charge in [0.15, 0.2) is 0 Å². The summed E-state index contributed by atoms with van der Waals surface area (Å²) in [6.07, 6.45) is -4.75. The number of hydrogen-bond donors (Lipinski definition) is 2. The van der Waals surface area contributed by atoms with Gasteiger partial charge in [-0.1, -0.05) is 23.8 Å². The normalized spacial score (nSPS) is 11.9. The Hall–Kier alpha value is -1.51. The lowest BCUT2D eigenvalue weighted by molar-refractivity contribution is -0.119. The maximum absolute atomic E-state index is 11.9. The molecule has 0 unspecified atom stereocenters. The van der Waals surface area contributed by atoms with Crippen LogP contribution in [0, 0.1) is 25.7 Å². The molecule has 0 aromatic heterocycles. The van der Waals surface area contributed by atoms with Crippen LogP contribution in [-0.2, 0) is 5.79 Å². The van der Waals surface area contributed by atoms with Gasteiger partial charge in [-0.15, -0.1) is 0 Å². The fraction of sp³-hybridized carbons (Fsp3) is 0.333. The molecular formula is C12H11F3O2. The number of aliphatic hydroxyl groups is 2. The molecule has 0 aliphatic carbocycles. The van der Waals surface area contributed by atoms with E-state index < -0.39 is 12.0 Å². The van der Waals surface area contributed by atoms with Gasteiger partial charge in [-0.2, -0.15) is 13.2 Å². The molecule has 0 heterocycles. The molecule has 0 aliphatic heterocycles. The van der Waals surface area contributed by atoms with E-state index in [-0.39, 0.29) is 5.56 Å². The number of alkyl halides is 3. The van der Waals surface area contributed by atoms with Crippen molar-refractivity contribution in [3.8, 4) is 11.8 Å². The maximum Gasteiger partial charge on any atom is 0.457 e. The fourth-order valence-electron chi connectivity index (χ4n) is 1.43. The monoisotopic (exact) mass is 244 g/mol. The molecule has 0 saturated heterocycles. The van der Waals surface area contributed by atoms with Gasteiger partial charge in [0.1, 0.15) is 0 Å². The van der Waals surface area contributed by atoms with Crippen LogP contribution in [0.4, 0.5) is 13.2 Å². The van der Waals surface area contributed by atoms with E-state index in [9.17, 15) is 23.4 Å². The molecule has 2 N–H and O–H groups in total. The van der Waals surface area contributed by atoms with Crippen LogP contribution < -0.4 is 0 Å². The van der Waals surface area contributed by atoms with Crippen LogP contribution in [0.15, 0.2) is 18.2 Å². The third-order valence-corrected chi connectivity index (χ3v) is 2.14. The summed E-state index contributed by atoms with van der Waals surface area (Å²) < 4.78 is 35.6. The van der Waals surface area contributed by atoms with Gasteiger partial charge in [0.2, 0.25) is 0 Å². The lowest BCUT2D eigenvalue weighted by atomic mass is 9.99. The zero-order valence-electron chi connectivity index (χ0n) is 9.26. The van der Waals surface area contributed by atoms with E-state index in [1.165, 1.54) is 12.0 Å². The van der Waals surface area contributed by atoms with Crippen molar-refractivity contribution in [2.45, 2.75) is 25.8 Å². The van der Waals surface area contributed by atoms with Crippen LogP contribution in [0.1, 0.15) is 16.7 Å². The zero-order chi connectivity index (χ0) is 13.3. The Bertz CT molecular complexity index is 479. The standard InChI is InChI=1S/C12H11F3O2/c1-8-3-4-10(9(2)7-8)11(16,17)5-6-12(13,14)15/h3-4,7,16-17H,1-2H3. The molecule has 17 heavy (non-hydrogen) atoms. The molecule has 0 amide bonds. The molecular weight excluding hydrogens is 233 g/mol. The van der Waals surface area contributed by atoms with Gasteiger partial charge in [0.05, 0.1) is 0 Å². The number of benzene rings is 1. The van der Waals surface area contributed by atoms with Crippen LogP contribution in [0.5, 0.6) is 0 Å². The summed E-state index contributed by atoms with van der Waals surface area (Å²) in [6, 6.07) is 4.54. The van der Waals surface area contributed by atoms with Gasteiger partial charge < -0.3 is 10.2 Å². The first-order valence-electron chi connectivity index (χ1n) is 4.75. The van der Waals surface area contributed by atoms with Crippen molar-refractivity contribution in [2.75, 3.05) is 0 Å². The highest BCUT2D eigenvalue weighted by atomic mass is 19.4. The Morgan fingerprint density at radius 3 is 2.12 bits per heavy atom. The highest BCUT2D eigenvalue weighted by Crippen LogP contribution is 2.23. The van der Waals surface area contributed by atoms with E-state index in [2.05, 4.69) is 0 Å². The average Bonchev–Trinajstić information content (AvgIpc) is 2.13. The lowest BCUT2D eigenvalue weighted by Crippen LogP contribution is -2.24. The number of rotatable bonds is 1. The van der Waals surface area contributed by atoms with Gasteiger partial charge in [0.25, 0.3) is 5.79 Å². The first-order valence-corrected chi connectivity index (χ1v) is 4.75. The molecule has 0 fully saturated rings. The summed E-state index contributed by atoms with van der Waals surface area (Å²) >= 11 is 0. The molecule has 0 saturated carbocycles. The first-order chi connectivity index (χ1) is 7.62. The first kappa shape index (κ1) is 13.6. The van der Waals surface area contributed by atoms with Gasteiger partial charge in [-0.25, -0.2) is 0 Å². The molecule has 92 valence electrons. The summed E-state index contributed by atoms with van der Waals surface area (Å²) in [4.78, 5) is 0. The van der Waals surface area contributed by atoms with Crippen LogP contribution >= 0.6 is 0 Å². The number of aryl methyl sites for hydroxylation is 2. The Kier molecular flexibility index (Phi) is 3.51. The van der Waals surface area contributed by atoms with E-state index in [1.54, 1.807) is 26.0 Å². The Labute approximate surface area is 96.7 Å². The average molecular weight is 244 g/mol. The summed E-state index contributed by atoms with van der Waals surface area (Å²) in [5.74, 6) is -0.534. The van der Waals surface area contributed by atoms with Gasteiger partial charge in [-0.3, -0.25) is 0 Å². The molecule has 0 aliphatic rings. The van der Waals surface area contributed by atoms with Crippen molar-refractivity contribution < 1.29 is 23.4 Å². The van der Waals surface area contributed by atoms with Crippen LogP contribution in [0.25, 0.3) is 0 Å². The van der Waals surface area contributed by atoms with Crippen LogP contribution in [-0.4, -0.2) is 16.4 Å². The Balaban J connectivity index is 3.16. The van der Waals surface area contributed by atoms with E-state index in [4.69, 9.17) is 0 Å². The summed E-state index contributed by atoms with van der Waals surface area (Å²) in [5, 5.41) is 19.0. The number of halogens is 3. The zero-order valence-corrected chi connectivity index (χ0v) is 9.26. The van der Waals surface area contributed by atoms with Crippen molar-refractivity contribution in [3.05, 3.63) is 34.9 Å². The SMILES string of the molecule is Cc1ccc(C(O)(O)C#CC(F)(F)F)c(C)c1. The van der Waals surface area contributed by atoms with E-state index in [0.29, 0.717) is 5.56 Å². The Morgan fingerprint density at radius 2 is 1.65 bits per heavy atom. The molecule has 0 spiro atoms. The summed E-state index contributed by atoms with van der Waals surface area (Å²) in [5.41, 5.74) is 1.28. The predicted molar refractivity (Wildman–Crippen MR) is 55.9 cm³/mol. The summed E-state index contributed by atoms with van der Waals surface area (Å²) in [7, 11) is 0. The minimum Gasteiger partial charge on any atom is -0.352 e. The van der Waals surface area contributed by atoms with E-state index >= 15 is 0 Å². The second kappa shape index (κ2) is 4.40. The van der Waals surface area contributed by atoms with Crippen molar-refractivity contribution >= 4 is 0 Å². The van der Waals surface area contributed by atoms with Crippen LogP contribution in [0.3, 0.4) is 0 Å². The minimum absolute atomic E-state index is 0.0557. The van der Waals surface area contributed by atoms with Crippen LogP contribution in [0.2, 0.25) is 0 Å². The highest BCUT2D eigenvalue weighted by Gasteiger charge is 2.29. The second-order valence-corrected chi connectivity index (χ2v) is 3.74. The van der Waals surface area contributed by atoms with Crippen molar-refractivity contribution in [2.24, 2.45) is 0 Å². The minimum atomic E-state index is -4.75. The molecule has 0 atom stereocenters. The molecule has 1 aromatic rings. The third-order valence-electron chi connectivity index (χ3n) is 2.14. The molecule has 5 heteroatoms. The lowest BCUT2D eigenvalue weighted by Gasteiger charge is -2.18. The van der Waals surface area contributed by atoms with Gasteiger partial charge in [-0.05, 0) is 25.3 Å². The smallest absolute Gasteiger partial charge is 0.352 e. The highest BCUT2D eigenvalue weighted by molar-refractivity contribution is 5.37. The van der Waals surface area contributed by atoms with E-state index in [1.807, 2.05) is 0 Å². The van der Waals surface area contributed by atoms with Crippen molar-refractivity contribution in [1.82, 2.24) is 0 Å². The largest absolute Gasteiger partial charge is 0.457 e. The van der Waals surface area contributed by atoms with Crippen molar-refractivity contribution in [3.63, 3.8) is 0 Å². The topological polar surface area (TPSA) is 40.5 Å². The quantitative estimate of drug-likeness (QED) is 0.586. The van der Waals surface area contributed by atoms with Gasteiger partial charge >= 0.3 is 6.18 Å². The van der Waals surface area contributed by atoms with Crippen molar-refractivity contribution in [1.29, 1.82) is 0 Å².